The van der Waals surface area contributed by atoms with Gasteiger partial charge in [-0.1, -0.05) is 193 Å². The van der Waals surface area contributed by atoms with Gasteiger partial charge in [0.2, 0.25) is 23.6 Å². The number of amides is 4. The Labute approximate surface area is 637 Å². The maximum Gasteiger partial charge on any atom is 0.514 e. The van der Waals surface area contributed by atoms with Gasteiger partial charge in [-0.3, -0.25) is 34.6 Å². The van der Waals surface area contributed by atoms with E-state index in [9.17, 15) is 29.3 Å². The molecular weight excluding hydrogens is 1360 g/mol. The molecule has 0 radical (unpaired) electrons. The number of nitrogens with zero attached hydrogens (tertiary/aromatic N) is 1. The van der Waals surface area contributed by atoms with E-state index in [0.29, 0.717) is 73.5 Å². The number of carbonyl (C=O) groups excluding carboxylic acids is 5. The van der Waals surface area contributed by atoms with E-state index >= 15 is 4.79 Å². The van der Waals surface area contributed by atoms with E-state index in [-0.39, 0.29) is 61.2 Å². The van der Waals surface area contributed by atoms with Crippen LogP contribution in [0, 0.1) is 56.5 Å². The third-order valence-electron chi connectivity index (χ3n) is 23.8. The minimum atomic E-state index is -1.17. The lowest BCUT2D eigenvalue weighted by Gasteiger charge is -2.58. The van der Waals surface area contributed by atoms with E-state index < -0.39 is 46.4 Å². The van der Waals surface area contributed by atoms with Crippen LogP contribution in [0.25, 0.3) is 0 Å². The molecule has 0 bridgehead atoms. The number of ether oxygens (including phenoxy) is 5. The summed E-state index contributed by atoms with van der Waals surface area (Å²) in [5.41, 5.74) is 7.06. The lowest BCUT2D eigenvalue weighted by molar-refractivity contribution is -0.384. The number of carbonyl (C=O) groups is 5. The molecule has 0 saturated heterocycles. The van der Waals surface area contributed by atoms with Crippen LogP contribution in [-0.2, 0) is 53.8 Å². The zero-order chi connectivity index (χ0) is 76.1. The fourth-order valence-corrected chi connectivity index (χ4v) is 18.0. The van der Waals surface area contributed by atoms with Crippen LogP contribution in [0.5, 0.6) is 17.2 Å². The molecule has 7 aromatic carbocycles. The van der Waals surface area contributed by atoms with Crippen LogP contribution >= 0.6 is 0 Å². The number of non-ortho nitro benzene ring substituents is 1. The van der Waals surface area contributed by atoms with Crippen molar-refractivity contribution in [2.24, 2.45) is 46.3 Å². The first-order valence-electron chi connectivity index (χ1n) is 39.2. The van der Waals surface area contributed by atoms with Crippen LogP contribution in [0.1, 0.15) is 177 Å². The molecule has 7 aromatic rings. The third-order valence-corrected chi connectivity index (χ3v) is 23.8. The first-order chi connectivity index (χ1) is 52.3. The number of fused-ring (bicyclic) bond motifs is 5. The highest BCUT2D eigenvalue weighted by molar-refractivity contribution is 5.98. The third kappa shape index (κ3) is 20.6. The number of nitro benzene ring substituents is 1. The molecule has 5 N–H and O–H groups in total. The lowest BCUT2D eigenvalue weighted by Crippen LogP contribution is -2.53. The molecule has 0 spiro atoms. The van der Waals surface area contributed by atoms with E-state index in [1.165, 1.54) is 75.6 Å². The van der Waals surface area contributed by atoms with Gasteiger partial charge in [-0.25, -0.2) is 4.79 Å². The number of rotatable bonds is 37. The number of anilines is 1. The summed E-state index contributed by atoms with van der Waals surface area (Å²) >= 11 is 0. The second kappa shape index (κ2) is 37.9. The van der Waals surface area contributed by atoms with Gasteiger partial charge < -0.3 is 45.0 Å². The summed E-state index contributed by atoms with van der Waals surface area (Å²) in [7, 11) is 1.64. The highest BCUT2D eigenvalue weighted by Crippen LogP contribution is 2.67. The van der Waals surface area contributed by atoms with Crippen molar-refractivity contribution in [3.05, 3.63) is 243 Å². The lowest BCUT2D eigenvalue weighted by atomic mass is 9.47. The Balaban J connectivity index is 0.722. The minimum Gasteiger partial charge on any atom is -0.497 e. The maximum absolute atomic E-state index is 15.0. The molecule has 3 saturated carbocycles. The molecule has 4 amide bonds. The zero-order valence-electron chi connectivity index (χ0n) is 63.8. The van der Waals surface area contributed by atoms with Gasteiger partial charge in [0.15, 0.2) is 0 Å². The van der Waals surface area contributed by atoms with Gasteiger partial charge in [0.05, 0.1) is 23.7 Å². The van der Waals surface area contributed by atoms with Gasteiger partial charge in [0.25, 0.3) is 5.69 Å². The molecule has 4 aliphatic rings. The Morgan fingerprint density at radius 1 is 0.593 bits per heavy atom. The molecule has 572 valence electrons. The molecule has 0 aliphatic heterocycles. The second-order valence-corrected chi connectivity index (χ2v) is 31.2. The smallest absolute Gasteiger partial charge is 0.497 e. The molecular formula is C90H110N6O12. The van der Waals surface area contributed by atoms with Gasteiger partial charge in [-0.15, -0.1) is 0 Å². The summed E-state index contributed by atoms with van der Waals surface area (Å²) in [4.78, 5) is 80.5. The number of allylic oxidation sites excluding steroid dienone is 1. The van der Waals surface area contributed by atoms with Gasteiger partial charge in [-0.05, 0) is 212 Å². The number of nitro groups is 1. The quantitative estimate of drug-likeness (QED) is 0.00464. The summed E-state index contributed by atoms with van der Waals surface area (Å²) in [5.74, 6) is 4.28. The maximum atomic E-state index is 15.0. The Morgan fingerprint density at radius 2 is 1.23 bits per heavy atom. The Morgan fingerprint density at radius 3 is 1.91 bits per heavy atom. The second-order valence-electron chi connectivity index (χ2n) is 31.2. The number of nitrogens with one attached hydrogen (secondary N) is 5. The highest BCUT2D eigenvalue weighted by Gasteiger charge is 2.59. The minimum absolute atomic E-state index is 0.0512. The predicted octanol–water partition coefficient (Wildman–Crippen LogP) is 17.5. The van der Waals surface area contributed by atoms with Crippen LogP contribution in [0.3, 0.4) is 0 Å². The van der Waals surface area contributed by atoms with Crippen molar-refractivity contribution in [3.8, 4) is 17.2 Å². The summed E-state index contributed by atoms with van der Waals surface area (Å²) in [6.07, 6.45) is 17.3. The first kappa shape index (κ1) is 79.4. The summed E-state index contributed by atoms with van der Waals surface area (Å²) < 4.78 is 28.8. The summed E-state index contributed by atoms with van der Waals surface area (Å²) in [6, 6.07) is 54.9. The van der Waals surface area contributed by atoms with Crippen molar-refractivity contribution in [3.63, 3.8) is 0 Å². The molecule has 10 atom stereocenters. The van der Waals surface area contributed by atoms with Crippen molar-refractivity contribution in [1.29, 1.82) is 0 Å². The molecule has 108 heavy (non-hydrogen) atoms. The zero-order valence-corrected chi connectivity index (χ0v) is 63.8. The summed E-state index contributed by atoms with van der Waals surface area (Å²) in [6.45, 7) is 14.1. The molecule has 11 rings (SSSR count). The predicted molar refractivity (Wildman–Crippen MR) is 421 cm³/mol. The topological polar surface area (TPSA) is 235 Å². The normalized spacial score (nSPS) is 20.9. The van der Waals surface area contributed by atoms with Crippen molar-refractivity contribution in [2.45, 2.75) is 187 Å². The van der Waals surface area contributed by atoms with Gasteiger partial charge in [0, 0.05) is 50.2 Å². The van der Waals surface area contributed by atoms with Crippen LogP contribution in [0.2, 0.25) is 0 Å². The average molecular weight is 1470 g/mol. The molecule has 0 heterocycles. The number of hydrogen-bond donors (Lipinski definition) is 5. The monoisotopic (exact) mass is 1470 g/mol. The van der Waals surface area contributed by atoms with Crippen molar-refractivity contribution in [2.75, 3.05) is 32.1 Å². The van der Waals surface area contributed by atoms with Crippen LogP contribution in [-0.4, -0.2) is 79.7 Å². The molecule has 0 unspecified atom stereocenters. The Kier molecular flexibility index (Phi) is 27.9. The van der Waals surface area contributed by atoms with E-state index in [2.05, 4.69) is 104 Å². The number of benzene rings is 7. The molecule has 0 aromatic heterocycles. The summed E-state index contributed by atoms with van der Waals surface area (Å²) in [5, 5.41) is 27.0. The largest absolute Gasteiger partial charge is 0.514 e. The molecule has 3 fully saturated rings. The number of methoxy groups -OCH3 is 1. The van der Waals surface area contributed by atoms with E-state index in [1.807, 2.05) is 103 Å². The van der Waals surface area contributed by atoms with Crippen molar-refractivity contribution in [1.82, 2.24) is 21.3 Å². The molecule has 4 aliphatic carbocycles. The molecule has 18 nitrogen and oxygen atoms in total. The van der Waals surface area contributed by atoms with Crippen LogP contribution < -0.4 is 40.8 Å². The van der Waals surface area contributed by atoms with Crippen molar-refractivity contribution >= 4 is 41.2 Å². The van der Waals surface area contributed by atoms with Gasteiger partial charge in [0.1, 0.15) is 42.5 Å². The molecule has 18 heteroatoms. The van der Waals surface area contributed by atoms with Crippen LogP contribution in [0.15, 0.2) is 200 Å². The fraction of sp³-hybridized carbons (Fsp3) is 0.456. The Hall–Kier alpha value is -9.65. The van der Waals surface area contributed by atoms with E-state index in [4.69, 9.17) is 23.7 Å². The van der Waals surface area contributed by atoms with Gasteiger partial charge >= 0.3 is 6.16 Å². The SMILES string of the molecule is COc1ccc(C(NCCCC[C@H](NC(=O)[C@H](Cc2ccc(OCc3ccccc3)cc2)NC(=O)CCC(=O)NCCCO[C@H]2CC[C@@]3(C)C(=CC[C@H]4[C@@H]5CC[C@H]([C@H](C)CCCC(C)C)[C@@]5(C)CC[C@@H]43)C2)C(=O)Nc2ccc(COC(=O)Oc3ccc([N+](=O)[O-])cc3)cc2)(c2ccccc2)c2ccccc2)cc1. The number of hydrogen-bond acceptors (Lipinski definition) is 13. The highest BCUT2D eigenvalue weighted by atomic mass is 16.7. The number of unbranched alkanes of at least 4 members (excludes halogenated alkanes) is 1. The van der Waals surface area contributed by atoms with Gasteiger partial charge in [-0.2, -0.15) is 0 Å². The Bertz CT molecular complexity index is 4070. The van der Waals surface area contributed by atoms with E-state index in [0.717, 1.165) is 82.8 Å². The van der Waals surface area contributed by atoms with Crippen LogP contribution in [0.4, 0.5) is 16.2 Å². The first-order valence-corrected chi connectivity index (χ1v) is 39.2. The van der Waals surface area contributed by atoms with Crippen molar-refractivity contribution < 1.29 is 52.6 Å². The fourth-order valence-electron chi connectivity index (χ4n) is 18.0. The standard InChI is InChI=1S/C90H110N6O12/c1-62(2)20-18-21-63(3)78-47-48-79-77-46-35-70-59-76(51-53-88(70,4)80(77)52-54-89(78,79)5)105-57-19-55-91-83(97)49-50-84(98)94-82(58-64-31-40-74(41-32-64)106-60-65-22-10-7-11-23-65)86(100)95-81(85(99)93-71-36-29-66(30-37-71)61-107-87(101)108-75-44-38-72(39-45-75)96(102)103)28-16-17-56-92-90(67-24-12-8-13-25-67,68-26-14-9-15-27-68)69-33-42-73(104-6)43-34-69/h7-15,22-27,29-45,62-63,76-82,92H,16-21,28,46-61H2,1-6H3,(H,91,97)(H,93,99)(H,94,98)(H,95,100)/t63-,76+,77+,78-,79+,80+,81+,82+,88+,89-/m1/s1. The van der Waals surface area contributed by atoms with E-state index in [1.54, 1.807) is 36.9 Å². The average Bonchev–Trinajstić information content (AvgIpc) is 1.43.